The van der Waals surface area contributed by atoms with Crippen LogP contribution in [0.2, 0.25) is 5.15 Å². The van der Waals surface area contributed by atoms with Crippen LogP contribution in [0.4, 0.5) is 4.39 Å². The van der Waals surface area contributed by atoms with Gasteiger partial charge in [0.15, 0.2) is 0 Å². The fourth-order valence-corrected chi connectivity index (χ4v) is 1.30. The number of pyridine rings is 1. The molecule has 0 spiro atoms. The number of carboxylic acids is 2. The van der Waals surface area contributed by atoms with Crippen molar-refractivity contribution in [3.05, 3.63) is 22.1 Å². The first kappa shape index (κ1) is 12.2. The van der Waals surface area contributed by atoms with Crippen LogP contribution in [0.3, 0.4) is 0 Å². The van der Waals surface area contributed by atoms with E-state index < -0.39 is 39.9 Å². The summed E-state index contributed by atoms with van der Waals surface area (Å²) in [5.41, 5.74) is -1.99. The lowest BCUT2D eigenvalue weighted by Crippen LogP contribution is -2.14. The highest BCUT2D eigenvalue weighted by Gasteiger charge is 2.28. The predicted octanol–water partition coefficient (Wildman–Crippen LogP) is 1.28. The van der Waals surface area contributed by atoms with Crippen LogP contribution in [0.1, 0.15) is 20.7 Å². The van der Waals surface area contributed by atoms with Crippen molar-refractivity contribution in [1.29, 1.82) is 0 Å². The maximum atomic E-state index is 13.4. The molecule has 0 amide bonds. The second-order valence-corrected chi connectivity index (χ2v) is 2.94. The predicted molar refractivity (Wildman–Crippen MR) is 49.7 cm³/mol. The topological polar surface area (TPSA) is 96.7 Å². The van der Waals surface area contributed by atoms with Gasteiger partial charge >= 0.3 is 11.9 Å². The Morgan fingerprint density at radius 1 is 1.31 bits per heavy atom. The fraction of sp³-hybridized carbons (Fsp3) is 0.125. The molecule has 0 aliphatic heterocycles. The standard InChI is InChI=1S/C8H5ClFNO5/c1-16-6-4(10)2(7(12)13)3(8(14)15)5(9)11-6/h1H3,(H,12,13)(H,14,15). The van der Waals surface area contributed by atoms with E-state index in [1.165, 1.54) is 0 Å². The molecule has 0 saturated carbocycles. The number of carbonyl (C=O) groups is 2. The first-order chi connectivity index (χ1) is 7.40. The molecule has 0 radical (unpaired) electrons. The SMILES string of the molecule is COc1nc(Cl)c(C(=O)O)c(C(=O)O)c1F. The molecular weight excluding hydrogens is 245 g/mol. The molecule has 16 heavy (non-hydrogen) atoms. The Morgan fingerprint density at radius 2 is 1.81 bits per heavy atom. The summed E-state index contributed by atoms with van der Waals surface area (Å²) in [6.45, 7) is 0. The summed E-state index contributed by atoms with van der Waals surface area (Å²) in [6.07, 6.45) is 0. The first-order valence-electron chi connectivity index (χ1n) is 3.79. The summed E-state index contributed by atoms with van der Waals surface area (Å²) in [4.78, 5) is 24.7. The van der Waals surface area contributed by atoms with Gasteiger partial charge in [-0.1, -0.05) is 11.6 Å². The molecule has 0 bridgehead atoms. The molecule has 0 atom stereocenters. The second kappa shape index (κ2) is 4.31. The lowest BCUT2D eigenvalue weighted by Gasteiger charge is -2.08. The maximum absolute atomic E-state index is 13.4. The van der Waals surface area contributed by atoms with Crippen molar-refractivity contribution < 1.29 is 28.9 Å². The molecule has 6 nitrogen and oxygen atoms in total. The van der Waals surface area contributed by atoms with Gasteiger partial charge < -0.3 is 14.9 Å². The minimum atomic E-state index is -1.77. The van der Waals surface area contributed by atoms with Gasteiger partial charge in [-0.3, -0.25) is 0 Å². The van der Waals surface area contributed by atoms with Crippen molar-refractivity contribution in [2.75, 3.05) is 7.11 Å². The highest BCUT2D eigenvalue weighted by molar-refractivity contribution is 6.33. The van der Waals surface area contributed by atoms with Crippen LogP contribution in [0, 0.1) is 5.82 Å². The van der Waals surface area contributed by atoms with Gasteiger partial charge in [-0.05, 0) is 0 Å². The lowest BCUT2D eigenvalue weighted by atomic mass is 10.1. The van der Waals surface area contributed by atoms with Crippen molar-refractivity contribution in [3.63, 3.8) is 0 Å². The lowest BCUT2D eigenvalue weighted by molar-refractivity contribution is 0.0645. The van der Waals surface area contributed by atoms with E-state index in [9.17, 15) is 14.0 Å². The number of carboxylic acid groups (broad SMARTS) is 2. The van der Waals surface area contributed by atoms with Crippen molar-refractivity contribution in [1.82, 2.24) is 4.98 Å². The Labute approximate surface area is 93.2 Å². The van der Waals surface area contributed by atoms with Crippen LogP contribution in [0.5, 0.6) is 5.88 Å². The number of methoxy groups -OCH3 is 1. The highest BCUT2D eigenvalue weighted by atomic mass is 35.5. The van der Waals surface area contributed by atoms with Crippen LogP contribution < -0.4 is 4.74 Å². The molecule has 86 valence electrons. The number of hydrogen-bond acceptors (Lipinski definition) is 4. The Kier molecular flexibility index (Phi) is 3.28. The average Bonchev–Trinajstić information content (AvgIpc) is 2.19. The fourth-order valence-electron chi connectivity index (χ4n) is 1.05. The normalized spacial score (nSPS) is 9.94. The number of nitrogens with zero attached hydrogens (tertiary/aromatic N) is 1. The summed E-state index contributed by atoms with van der Waals surface area (Å²) < 4.78 is 17.9. The molecule has 1 aromatic rings. The van der Waals surface area contributed by atoms with E-state index >= 15 is 0 Å². The number of ether oxygens (including phenoxy) is 1. The maximum Gasteiger partial charge on any atom is 0.339 e. The van der Waals surface area contributed by atoms with Crippen LogP contribution in [-0.2, 0) is 0 Å². The van der Waals surface area contributed by atoms with Gasteiger partial charge in [-0.2, -0.15) is 4.98 Å². The van der Waals surface area contributed by atoms with Gasteiger partial charge in [-0.25, -0.2) is 14.0 Å². The Bertz CT molecular complexity index is 476. The molecule has 1 aromatic heterocycles. The van der Waals surface area contributed by atoms with E-state index in [0.717, 1.165) is 7.11 Å². The summed E-state index contributed by atoms with van der Waals surface area (Å²) in [5.74, 6) is -5.50. The number of halogens is 2. The first-order valence-corrected chi connectivity index (χ1v) is 4.17. The highest BCUT2D eigenvalue weighted by Crippen LogP contribution is 2.27. The van der Waals surface area contributed by atoms with Crippen LogP contribution in [0.15, 0.2) is 0 Å². The van der Waals surface area contributed by atoms with Crippen molar-refractivity contribution in [2.45, 2.75) is 0 Å². The molecular formula is C8H5ClFNO5. The summed E-state index contributed by atoms with van der Waals surface area (Å²) in [6, 6.07) is 0. The van der Waals surface area contributed by atoms with Crippen LogP contribution in [-0.4, -0.2) is 34.2 Å². The molecule has 1 heterocycles. The number of rotatable bonds is 3. The molecule has 8 heteroatoms. The molecule has 2 N–H and O–H groups in total. The largest absolute Gasteiger partial charge is 0.479 e. The molecule has 0 fully saturated rings. The van der Waals surface area contributed by atoms with Crippen molar-refractivity contribution >= 4 is 23.5 Å². The van der Waals surface area contributed by atoms with Gasteiger partial charge in [-0.15, -0.1) is 0 Å². The molecule has 0 saturated heterocycles. The third kappa shape index (κ3) is 1.89. The van der Waals surface area contributed by atoms with Crippen LogP contribution in [0.25, 0.3) is 0 Å². The van der Waals surface area contributed by atoms with Gasteiger partial charge in [0.1, 0.15) is 16.3 Å². The molecule has 0 unspecified atom stereocenters. The van der Waals surface area contributed by atoms with Gasteiger partial charge in [0, 0.05) is 0 Å². The average molecular weight is 250 g/mol. The summed E-state index contributed by atoms with van der Waals surface area (Å²) in [7, 11) is 1.05. The quantitative estimate of drug-likeness (QED) is 0.783. The monoisotopic (exact) mass is 249 g/mol. The van der Waals surface area contributed by atoms with Gasteiger partial charge in [0.05, 0.1) is 7.11 Å². The number of hydrogen-bond donors (Lipinski definition) is 2. The smallest absolute Gasteiger partial charge is 0.339 e. The zero-order valence-electron chi connectivity index (χ0n) is 7.82. The van der Waals surface area contributed by atoms with E-state index in [0.29, 0.717) is 0 Å². The zero-order valence-corrected chi connectivity index (χ0v) is 8.58. The third-order valence-corrected chi connectivity index (χ3v) is 1.96. The number of aromatic carboxylic acids is 2. The number of aromatic nitrogens is 1. The van der Waals surface area contributed by atoms with E-state index in [-0.39, 0.29) is 0 Å². The minimum absolute atomic E-state index is 0.650. The molecule has 1 rings (SSSR count). The van der Waals surface area contributed by atoms with Crippen molar-refractivity contribution in [3.8, 4) is 5.88 Å². The molecule has 0 aliphatic rings. The van der Waals surface area contributed by atoms with Crippen LogP contribution >= 0.6 is 11.6 Å². The second-order valence-electron chi connectivity index (χ2n) is 2.59. The van der Waals surface area contributed by atoms with Gasteiger partial charge in [0.25, 0.3) is 5.88 Å². The zero-order chi connectivity index (χ0) is 12.5. The Morgan fingerprint density at radius 3 is 2.19 bits per heavy atom. The van der Waals surface area contributed by atoms with E-state index in [1.54, 1.807) is 0 Å². The van der Waals surface area contributed by atoms with Crippen molar-refractivity contribution in [2.24, 2.45) is 0 Å². The van der Waals surface area contributed by atoms with E-state index in [2.05, 4.69) is 9.72 Å². The molecule has 0 aromatic carbocycles. The summed E-state index contributed by atoms with van der Waals surface area (Å²) in [5, 5.41) is 16.7. The molecule has 0 aliphatic carbocycles. The Balaban J connectivity index is 3.68. The third-order valence-electron chi connectivity index (χ3n) is 1.68. The minimum Gasteiger partial charge on any atom is -0.479 e. The van der Waals surface area contributed by atoms with E-state index in [4.69, 9.17) is 21.8 Å². The Hall–Kier alpha value is -1.89. The van der Waals surface area contributed by atoms with E-state index in [1.807, 2.05) is 0 Å². The van der Waals surface area contributed by atoms with Gasteiger partial charge in [0.2, 0.25) is 5.82 Å². The summed E-state index contributed by atoms with van der Waals surface area (Å²) >= 11 is 5.42.